The van der Waals surface area contributed by atoms with Gasteiger partial charge in [-0.2, -0.15) is 13.2 Å². The summed E-state index contributed by atoms with van der Waals surface area (Å²) in [6.45, 7) is 1.44. The Labute approximate surface area is 159 Å². The van der Waals surface area contributed by atoms with E-state index in [2.05, 4.69) is 4.72 Å². The minimum absolute atomic E-state index is 0.165. The Kier molecular flexibility index (Phi) is 5.93. The Hall–Kier alpha value is -1.66. The molecule has 2 aromatic rings. The van der Waals surface area contributed by atoms with Crippen LogP contribution in [0.15, 0.2) is 52.3 Å². The molecular weight excluding hydrogens is 429 g/mol. The lowest BCUT2D eigenvalue weighted by Crippen LogP contribution is -2.27. The largest absolute Gasteiger partial charge is 0.416 e. The topological polar surface area (TPSA) is 106 Å². The molecule has 0 heterocycles. The number of rotatable bonds is 5. The summed E-state index contributed by atoms with van der Waals surface area (Å²) in [4.78, 5) is -0.880. The van der Waals surface area contributed by atoms with E-state index >= 15 is 0 Å². The van der Waals surface area contributed by atoms with Gasteiger partial charge in [-0.15, -0.1) is 0 Å². The SMILES string of the molecule is CC(NS(=O)(=O)c1cc(C(F)(F)F)ccc1Cl)c1ccc(S(N)(=O)=O)cc1. The van der Waals surface area contributed by atoms with Crippen LogP contribution in [-0.2, 0) is 26.2 Å². The van der Waals surface area contributed by atoms with Crippen LogP contribution < -0.4 is 9.86 Å². The Morgan fingerprint density at radius 3 is 2.07 bits per heavy atom. The van der Waals surface area contributed by atoms with E-state index in [0.29, 0.717) is 17.7 Å². The summed E-state index contributed by atoms with van der Waals surface area (Å²) in [5.74, 6) is 0. The maximum Gasteiger partial charge on any atom is 0.416 e. The second-order valence-electron chi connectivity index (χ2n) is 5.60. The zero-order chi connectivity index (χ0) is 20.6. The van der Waals surface area contributed by atoms with Gasteiger partial charge in [-0.25, -0.2) is 26.7 Å². The molecule has 2 aromatic carbocycles. The Morgan fingerprint density at radius 2 is 1.59 bits per heavy atom. The highest BCUT2D eigenvalue weighted by atomic mass is 35.5. The molecular formula is C15H14ClF3N2O4S2. The zero-order valence-corrected chi connectivity index (χ0v) is 16.0. The minimum Gasteiger partial charge on any atom is -0.225 e. The molecule has 0 amide bonds. The molecule has 0 saturated carbocycles. The van der Waals surface area contributed by atoms with E-state index < -0.39 is 42.7 Å². The van der Waals surface area contributed by atoms with Gasteiger partial charge in [-0.1, -0.05) is 23.7 Å². The summed E-state index contributed by atoms with van der Waals surface area (Å²) in [5.41, 5.74) is -0.786. The second-order valence-corrected chi connectivity index (χ2v) is 9.25. The molecule has 6 nitrogen and oxygen atoms in total. The van der Waals surface area contributed by atoms with Crippen molar-refractivity contribution in [1.29, 1.82) is 0 Å². The number of benzene rings is 2. The molecule has 0 bridgehead atoms. The summed E-state index contributed by atoms with van der Waals surface area (Å²) in [7, 11) is -8.29. The van der Waals surface area contributed by atoms with Gasteiger partial charge in [0.1, 0.15) is 4.90 Å². The van der Waals surface area contributed by atoms with Gasteiger partial charge < -0.3 is 0 Å². The summed E-state index contributed by atoms with van der Waals surface area (Å²) in [6.07, 6.45) is -4.73. The molecule has 0 aromatic heterocycles. The van der Waals surface area contributed by atoms with Crippen LogP contribution in [0.5, 0.6) is 0 Å². The number of nitrogens with two attached hydrogens (primary N) is 1. The molecule has 12 heteroatoms. The fourth-order valence-corrected chi connectivity index (χ4v) is 4.47. The lowest BCUT2D eigenvalue weighted by atomic mass is 10.1. The molecule has 0 saturated heterocycles. The Balaban J connectivity index is 2.33. The standard InChI is InChI=1S/C15H14ClF3N2O4S2/c1-9(10-2-5-12(6-3-10)26(20,22)23)21-27(24,25)14-8-11(15(17,18)19)4-7-13(14)16/h2-9,21H,1H3,(H2,20,22,23). The van der Waals surface area contributed by atoms with E-state index in [4.69, 9.17) is 16.7 Å². The van der Waals surface area contributed by atoms with Crippen molar-refractivity contribution < 1.29 is 30.0 Å². The van der Waals surface area contributed by atoms with Crippen LogP contribution in [0.25, 0.3) is 0 Å². The highest BCUT2D eigenvalue weighted by molar-refractivity contribution is 7.89. The molecule has 3 N–H and O–H groups in total. The summed E-state index contributed by atoms with van der Waals surface area (Å²) >= 11 is 5.76. The van der Waals surface area contributed by atoms with Crippen molar-refractivity contribution in [2.24, 2.45) is 5.14 Å². The molecule has 0 aliphatic carbocycles. The van der Waals surface area contributed by atoms with Crippen molar-refractivity contribution in [2.75, 3.05) is 0 Å². The van der Waals surface area contributed by atoms with Gasteiger partial charge in [0.05, 0.1) is 15.5 Å². The van der Waals surface area contributed by atoms with Crippen molar-refractivity contribution in [3.63, 3.8) is 0 Å². The van der Waals surface area contributed by atoms with Gasteiger partial charge >= 0.3 is 6.18 Å². The summed E-state index contributed by atoms with van der Waals surface area (Å²) in [5, 5.41) is 4.61. The van der Waals surface area contributed by atoms with Gasteiger partial charge in [0.25, 0.3) is 0 Å². The predicted molar refractivity (Wildman–Crippen MR) is 93.0 cm³/mol. The molecule has 1 atom stereocenters. The molecule has 2 rings (SSSR count). The molecule has 0 aliphatic rings. The number of alkyl halides is 3. The van der Waals surface area contributed by atoms with Crippen LogP contribution in [0.3, 0.4) is 0 Å². The van der Waals surface area contributed by atoms with E-state index in [9.17, 15) is 30.0 Å². The monoisotopic (exact) mass is 442 g/mol. The first-order chi connectivity index (χ1) is 12.2. The van der Waals surface area contributed by atoms with Gasteiger partial charge in [0.15, 0.2) is 0 Å². The Morgan fingerprint density at radius 1 is 1.04 bits per heavy atom. The number of primary sulfonamides is 1. The summed E-state index contributed by atoms with van der Waals surface area (Å²) in [6, 6.07) is 6.14. The molecule has 148 valence electrons. The number of halogens is 4. The van der Waals surface area contributed by atoms with Gasteiger partial charge in [0, 0.05) is 6.04 Å². The zero-order valence-electron chi connectivity index (χ0n) is 13.7. The van der Waals surface area contributed by atoms with E-state index in [0.717, 1.165) is 6.07 Å². The van der Waals surface area contributed by atoms with E-state index in [1.807, 2.05) is 0 Å². The molecule has 27 heavy (non-hydrogen) atoms. The minimum atomic E-state index is -4.73. The maximum absolute atomic E-state index is 12.8. The van der Waals surface area contributed by atoms with E-state index in [-0.39, 0.29) is 9.92 Å². The van der Waals surface area contributed by atoms with Crippen molar-refractivity contribution in [1.82, 2.24) is 4.72 Å². The summed E-state index contributed by atoms with van der Waals surface area (Å²) < 4.78 is 88.1. The molecule has 0 spiro atoms. The first kappa shape index (κ1) is 21.6. The molecule has 1 unspecified atom stereocenters. The van der Waals surface area contributed by atoms with E-state index in [1.165, 1.54) is 31.2 Å². The smallest absolute Gasteiger partial charge is 0.225 e. The normalized spacial score (nSPS) is 14.1. The number of nitrogens with one attached hydrogen (secondary N) is 1. The number of sulfonamides is 2. The van der Waals surface area contributed by atoms with Crippen molar-refractivity contribution >= 4 is 31.6 Å². The van der Waals surface area contributed by atoms with Crippen LogP contribution in [0, 0.1) is 0 Å². The molecule has 0 fully saturated rings. The lowest BCUT2D eigenvalue weighted by Gasteiger charge is -2.17. The van der Waals surface area contributed by atoms with Crippen LogP contribution in [0.1, 0.15) is 24.1 Å². The van der Waals surface area contributed by atoms with Crippen LogP contribution >= 0.6 is 11.6 Å². The molecule has 0 aliphatic heterocycles. The van der Waals surface area contributed by atoms with Gasteiger partial charge in [0.2, 0.25) is 20.0 Å². The molecule has 0 radical (unpaired) electrons. The average molecular weight is 443 g/mol. The quantitative estimate of drug-likeness (QED) is 0.742. The third kappa shape index (κ3) is 5.20. The van der Waals surface area contributed by atoms with Crippen molar-refractivity contribution in [2.45, 2.75) is 28.9 Å². The number of hydrogen-bond acceptors (Lipinski definition) is 4. The van der Waals surface area contributed by atoms with Crippen LogP contribution in [0.4, 0.5) is 13.2 Å². The third-order valence-electron chi connectivity index (χ3n) is 3.59. The fourth-order valence-electron chi connectivity index (χ4n) is 2.20. The highest BCUT2D eigenvalue weighted by Gasteiger charge is 2.33. The van der Waals surface area contributed by atoms with Crippen molar-refractivity contribution in [3.8, 4) is 0 Å². The fraction of sp³-hybridized carbons (Fsp3) is 0.200. The van der Waals surface area contributed by atoms with E-state index in [1.54, 1.807) is 0 Å². The third-order valence-corrected chi connectivity index (χ3v) is 6.54. The Bertz CT molecular complexity index is 1050. The first-order valence-corrected chi connectivity index (χ1v) is 10.6. The average Bonchev–Trinajstić information content (AvgIpc) is 2.52. The predicted octanol–water partition coefficient (Wildman–Crippen LogP) is 3.05. The maximum atomic E-state index is 12.8. The van der Waals surface area contributed by atoms with Crippen LogP contribution in [0.2, 0.25) is 5.02 Å². The first-order valence-electron chi connectivity index (χ1n) is 7.23. The second kappa shape index (κ2) is 7.40. The van der Waals surface area contributed by atoms with Crippen molar-refractivity contribution in [3.05, 3.63) is 58.6 Å². The lowest BCUT2D eigenvalue weighted by molar-refractivity contribution is -0.137. The van der Waals surface area contributed by atoms with Gasteiger partial charge in [-0.05, 0) is 42.8 Å². The van der Waals surface area contributed by atoms with Gasteiger partial charge in [-0.3, -0.25) is 0 Å². The highest BCUT2D eigenvalue weighted by Crippen LogP contribution is 2.33. The number of hydrogen-bond donors (Lipinski definition) is 2. The van der Waals surface area contributed by atoms with Crippen LogP contribution in [-0.4, -0.2) is 16.8 Å².